The van der Waals surface area contributed by atoms with Crippen molar-refractivity contribution in [1.29, 1.82) is 0 Å². The van der Waals surface area contributed by atoms with E-state index in [-0.39, 0.29) is 18.0 Å². The van der Waals surface area contributed by atoms with Gasteiger partial charge in [-0.25, -0.2) is 0 Å². The van der Waals surface area contributed by atoms with Gasteiger partial charge in [-0.3, -0.25) is 9.59 Å². The first-order chi connectivity index (χ1) is 13.5. The zero-order valence-corrected chi connectivity index (χ0v) is 16.5. The normalized spacial score (nSPS) is 10.9. The summed E-state index contributed by atoms with van der Waals surface area (Å²) in [5, 5.41) is 2.84. The fraction of sp³-hybridized carbons (Fsp3) is 0.130. The minimum Gasteiger partial charge on any atom is -0.322 e. The number of para-hydroxylation sites is 1. The molecule has 0 aliphatic carbocycles. The highest BCUT2D eigenvalue weighted by molar-refractivity contribution is 7.12. The van der Waals surface area contributed by atoms with Crippen molar-refractivity contribution in [3.8, 4) is 0 Å². The van der Waals surface area contributed by atoms with Crippen LogP contribution in [0, 0.1) is 13.8 Å². The Morgan fingerprint density at radius 3 is 2.61 bits per heavy atom. The number of carbonyl (C=O) groups is 1. The van der Waals surface area contributed by atoms with E-state index in [9.17, 15) is 9.59 Å². The van der Waals surface area contributed by atoms with Crippen LogP contribution in [0.2, 0.25) is 0 Å². The fourth-order valence-electron chi connectivity index (χ4n) is 3.31. The molecule has 0 fully saturated rings. The Balaban J connectivity index is 1.80. The van der Waals surface area contributed by atoms with Crippen molar-refractivity contribution in [2.45, 2.75) is 20.4 Å². The smallest absolute Gasteiger partial charge is 0.268 e. The van der Waals surface area contributed by atoms with Crippen molar-refractivity contribution in [1.82, 2.24) is 4.98 Å². The van der Waals surface area contributed by atoms with Gasteiger partial charge in [0.15, 0.2) is 0 Å². The summed E-state index contributed by atoms with van der Waals surface area (Å²) >= 11 is 1.40. The van der Waals surface area contributed by atoms with E-state index in [0.29, 0.717) is 10.4 Å². The first-order valence-electron chi connectivity index (χ1n) is 9.06. The van der Waals surface area contributed by atoms with Gasteiger partial charge in [-0.15, -0.1) is 11.3 Å². The molecule has 2 aromatic carbocycles. The third kappa shape index (κ3) is 3.49. The first-order valence-corrected chi connectivity index (χ1v) is 9.94. The van der Waals surface area contributed by atoms with E-state index in [4.69, 9.17) is 0 Å². The number of aryl methyl sites for hydroxylation is 2. The summed E-state index contributed by atoms with van der Waals surface area (Å²) in [6.07, 6.45) is 0. The molecule has 0 atom stereocenters. The Hall–Kier alpha value is -3.18. The standard InChI is InChI=1S/C23H20N2O2S/c1-15-9-10-17-13-18(22(26)24-19(17)12-15)14-25(20-7-4-3-6-16(20)2)23(27)21-8-5-11-28-21/h3-13H,14H2,1-2H3,(H,24,26). The van der Waals surface area contributed by atoms with Gasteiger partial charge in [-0.2, -0.15) is 0 Å². The van der Waals surface area contributed by atoms with Crippen LogP contribution in [0.15, 0.2) is 70.8 Å². The molecule has 2 aromatic heterocycles. The Morgan fingerprint density at radius 2 is 1.86 bits per heavy atom. The summed E-state index contributed by atoms with van der Waals surface area (Å²) in [4.78, 5) is 31.2. The summed E-state index contributed by atoms with van der Waals surface area (Å²) in [6.45, 7) is 4.17. The lowest BCUT2D eigenvalue weighted by Crippen LogP contribution is -2.33. The Morgan fingerprint density at radius 1 is 1.04 bits per heavy atom. The monoisotopic (exact) mass is 388 g/mol. The largest absolute Gasteiger partial charge is 0.322 e. The number of fused-ring (bicyclic) bond motifs is 1. The molecule has 0 spiro atoms. The lowest BCUT2D eigenvalue weighted by atomic mass is 10.1. The first kappa shape index (κ1) is 18.2. The number of nitrogens with zero attached hydrogens (tertiary/aromatic N) is 1. The van der Waals surface area contributed by atoms with Gasteiger partial charge in [0, 0.05) is 16.8 Å². The number of hydrogen-bond donors (Lipinski definition) is 1. The lowest BCUT2D eigenvalue weighted by Gasteiger charge is -2.24. The SMILES string of the molecule is Cc1ccc2cc(CN(C(=O)c3cccs3)c3ccccc3C)c(=O)[nH]c2c1. The average molecular weight is 388 g/mol. The molecule has 4 nitrogen and oxygen atoms in total. The number of thiophene rings is 1. The second-order valence-electron chi connectivity index (χ2n) is 6.87. The van der Waals surface area contributed by atoms with Gasteiger partial charge in [0.05, 0.1) is 11.4 Å². The number of carbonyl (C=O) groups excluding carboxylic acids is 1. The van der Waals surface area contributed by atoms with Gasteiger partial charge in [-0.05, 0) is 60.0 Å². The summed E-state index contributed by atoms with van der Waals surface area (Å²) in [6, 6.07) is 19.2. The molecule has 0 radical (unpaired) electrons. The van der Waals surface area contributed by atoms with E-state index in [1.807, 2.05) is 79.9 Å². The predicted octanol–water partition coefficient (Wildman–Crippen LogP) is 5.05. The van der Waals surface area contributed by atoms with E-state index in [0.717, 1.165) is 27.7 Å². The van der Waals surface area contributed by atoms with Crippen LogP contribution in [0.5, 0.6) is 0 Å². The molecule has 5 heteroatoms. The summed E-state index contributed by atoms with van der Waals surface area (Å²) in [5.41, 5.74) is 4.08. The Kier molecular flexibility index (Phi) is 4.84. The molecule has 1 amide bonds. The van der Waals surface area contributed by atoms with E-state index in [1.54, 1.807) is 4.90 Å². The molecular weight excluding hydrogens is 368 g/mol. The van der Waals surface area contributed by atoms with Crippen molar-refractivity contribution in [2.75, 3.05) is 4.90 Å². The number of nitrogens with one attached hydrogen (secondary N) is 1. The number of aromatic amines is 1. The quantitative estimate of drug-likeness (QED) is 0.532. The fourth-order valence-corrected chi connectivity index (χ4v) is 3.99. The number of hydrogen-bond acceptors (Lipinski definition) is 3. The highest BCUT2D eigenvalue weighted by Crippen LogP contribution is 2.25. The molecule has 4 aromatic rings. The van der Waals surface area contributed by atoms with Gasteiger partial charge in [0.25, 0.3) is 11.5 Å². The maximum absolute atomic E-state index is 13.2. The van der Waals surface area contributed by atoms with Gasteiger partial charge < -0.3 is 9.88 Å². The van der Waals surface area contributed by atoms with Crippen molar-refractivity contribution in [3.63, 3.8) is 0 Å². The van der Waals surface area contributed by atoms with Crippen LogP contribution < -0.4 is 10.5 Å². The summed E-state index contributed by atoms with van der Waals surface area (Å²) in [7, 11) is 0. The van der Waals surface area contributed by atoms with Crippen LogP contribution in [0.4, 0.5) is 5.69 Å². The predicted molar refractivity (Wildman–Crippen MR) is 115 cm³/mol. The second kappa shape index (κ2) is 7.44. The molecule has 0 aliphatic heterocycles. The molecule has 4 rings (SSSR count). The van der Waals surface area contributed by atoms with Gasteiger partial charge in [0.1, 0.15) is 0 Å². The Bertz CT molecular complexity index is 1210. The van der Waals surface area contributed by atoms with Crippen molar-refractivity contribution in [2.24, 2.45) is 0 Å². The number of pyridine rings is 1. The van der Waals surface area contributed by atoms with E-state index in [1.165, 1.54) is 11.3 Å². The lowest BCUT2D eigenvalue weighted by molar-refractivity contribution is 0.0989. The van der Waals surface area contributed by atoms with Gasteiger partial charge in [-0.1, -0.05) is 36.4 Å². The second-order valence-corrected chi connectivity index (χ2v) is 7.82. The molecule has 0 bridgehead atoms. The average Bonchev–Trinajstić information content (AvgIpc) is 3.21. The van der Waals surface area contributed by atoms with Crippen molar-refractivity contribution < 1.29 is 4.79 Å². The minimum atomic E-state index is -0.171. The van der Waals surface area contributed by atoms with E-state index >= 15 is 0 Å². The van der Waals surface area contributed by atoms with E-state index in [2.05, 4.69) is 4.98 Å². The van der Waals surface area contributed by atoms with Crippen molar-refractivity contribution >= 4 is 33.8 Å². The molecule has 28 heavy (non-hydrogen) atoms. The zero-order chi connectivity index (χ0) is 19.7. The minimum absolute atomic E-state index is 0.104. The van der Waals surface area contributed by atoms with Crippen LogP contribution >= 0.6 is 11.3 Å². The highest BCUT2D eigenvalue weighted by Gasteiger charge is 2.21. The summed E-state index contributed by atoms with van der Waals surface area (Å²) in [5.74, 6) is -0.104. The number of aromatic nitrogens is 1. The maximum atomic E-state index is 13.2. The third-order valence-corrected chi connectivity index (χ3v) is 5.65. The van der Waals surface area contributed by atoms with Crippen LogP contribution in [-0.2, 0) is 6.54 Å². The maximum Gasteiger partial charge on any atom is 0.268 e. The number of amides is 1. The molecule has 2 heterocycles. The number of H-pyrrole nitrogens is 1. The molecule has 0 unspecified atom stereocenters. The van der Waals surface area contributed by atoms with E-state index < -0.39 is 0 Å². The zero-order valence-electron chi connectivity index (χ0n) is 15.7. The number of benzene rings is 2. The van der Waals surface area contributed by atoms with Gasteiger partial charge >= 0.3 is 0 Å². The molecule has 0 aliphatic rings. The molecular formula is C23H20N2O2S. The topological polar surface area (TPSA) is 53.2 Å². The van der Waals surface area contributed by atoms with Crippen LogP contribution in [0.3, 0.4) is 0 Å². The Labute approximate surface area is 167 Å². The number of rotatable bonds is 4. The van der Waals surface area contributed by atoms with Crippen LogP contribution in [-0.4, -0.2) is 10.9 Å². The molecule has 0 saturated heterocycles. The number of anilines is 1. The summed E-state index contributed by atoms with van der Waals surface area (Å²) < 4.78 is 0. The van der Waals surface area contributed by atoms with Gasteiger partial charge in [0.2, 0.25) is 0 Å². The van der Waals surface area contributed by atoms with Crippen LogP contribution in [0.25, 0.3) is 10.9 Å². The molecule has 0 saturated carbocycles. The van der Waals surface area contributed by atoms with Crippen molar-refractivity contribution in [3.05, 3.63) is 98.0 Å². The third-order valence-electron chi connectivity index (χ3n) is 4.79. The van der Waals surface area contributed by atoms with Crippen LogP contribution in [0.1, 0.15) is 26.4 Å². The molecule has 140 valence electrons. The molecule has 1 N–H and O–H groups in total. The highest BCUT2D eigenvalue weighted by atomic mass is 32.1.